The van der Waals surface area contributed by atoms with Crippen LogP contribution in [0.4, 0.5) is 28.8 Å². The number of nitrogens with one attached hydrogen (secondary N) is 2. The average Bonchev–Trinajstić information content (AvgIpc) is 2.66. The lowest BCUT2D eigenvalue weighted by molar-refractivity contribution is 1.16. The first-order chi connectivity index (χ1) is 12.3. The van der Waals surface area contributed by atoms with Gasteiger partial charge in [0.05, 0.1) is 11.2 Å². The highest BCUT2D eigenvalue weighted by atomic mass is 15.1. The Morgan fingerprint density at radius 1 is 0.720 bits per heavy atom. The lowest BCUT2D eigenvalue weighted by atomic mass is 10.2. The smallest absolute Gasteiger partial charge is 0.160 e. The van der Waals surface area contributed by atoms with Crippen LogP contribution in [0.2, 0.25) is 0 Å². The maximum Gasteiger partial charge on any atom is 0.160 e. The van der Waals surface area contributed by atoms with Gasteiger partial charge in [-0.3, -0.25) is 4.98 Å². The second-order valence-corrected chi connectivity index (χ2v) is 5.33. The van der Waals surface area contributed by atoms with E-state index in [4.69, 9.17) is 5.73 Å². The molecule has 122 valence electrons. The van der Waals surface area contributed by atoms with E-state index in [9.17, 15) is 0 Å². The van der Waals surface area contributed by atoms with Gasteiger partial charge in [-0.1, -0.05) is 24.3 Å². The first-order valence-corrected chi connectivity index (χ1v) is 7.70. The molecule has 7 nitrogen and oxygen atoms in total. The summed E-state index contributed by atoms with van der Waals surface area (Å²) in [5, 5.41) is 7.37. The van der Waals surface area contributed by atoms with Crippen molar-refractivity contribution >= 4 is 39.7 Å². The Kier molecular flexibility index (Phi) is 3.80. The van der Waals surface area contributed by atoms with Gasteiger partial charge >= 0.3 is 0 Å². The summed E-state index contributed by atoms with van der Waals surface area (Å²) in [4.78, 5) is 17.1. The summed E-state index contributed by atoms with van der Waals surface area (Å²) in [5.74, 6) is 1.65. The fraction of sp³-hybridized carbons (Fsp3) is 0. The summed E-state index contributed by atoms with van der Waals surface area (Å²) >= 11 is 0. The van der Waals surface area contributed by atoms with Crippen molar-refractivity contribution in [3.8, 4) is 0 Å². The van der Waals surface area contributed by atoms with E-state index in [0.717, 1.165) is 16.6 Å². The third-order valence-electron chi connectivity index (χ3n) is 3.68. The molecule has 0 aliphatic carbocycles. The molecular weight excluding hydrogens is 314 g/mol. The van der Waals surface area contributed by atoms with E-state index in [-0.39, 0.29) is 0 Å². The van der Waals surface area contributed by atoms with Crippen molar-refractivity contribution in [1.82, 2.24) is 19.9 Å². The van der Waals surface area contributed by atoms with Gasteiger partial charge in [-0.05, 0) is 24.3 Å². The summed E-state index contributed by atoms with van der Waals surface area (Å²) < 4.78 is 0. The molecule has 7 heteroatoms. The molecule has 4 aromatic rings. The SMILES string of the molecule is Nc1c(Nc2ccccn2)ncnc1Nc1cccc2cccnc12. The predicted molar refractivity (Wildman–Crippen MR) is 99.0 cm³/mol. The molecule has 4 N–H and O–H groups in total. The standard InChI is InChI=1S/C18H15N7/c19-15-17(22-11-23-18(15)25-14-8-1-2-9-20-14)24-13-7-3-5-12-6-4-10-21-16(12)13/h1-11H,19H2,(H2,20,22,23,24,25). The molecule has 3 aromatic heterocycles. The number of hydrogen-bond acceptors (Lipinski definition) is 7. The van der Waals surface area contributed by atoms with E-state index in [1.807, 2.05) is 48.5 Å². The fourth-order valence-corrected chi connectivity index (χ4v) is 2.49. The Balaban J connectivity index is 1.68. The second-order valence-electron chi connectivity index (χ2n) is 5.33. The summed E-state index contributed by atoms with van der Waals surface area (Å²) in [7, 11) is 0. The number of para-hydroxylation sites is 1. The summed E-state index contributed by atoms with van der Waals surface area (Å²) in [6.45, 7) is 0. The van der Waals surface area contributed by atoms with E-state index in [1.165, 1.54) is 6.33 Å². The monoisotopic (exact) mass is 329 g/mol. The third kappa shape index (κ3) is 3.02. The van der Waals surface area contributed by atoms with Crippen LogP contribution in [-0.2, 0) is 0 Å². The van der Waals surface area contributed by atoms with E-state index in [1.54, 1.807) is 12.4 Å². The minimum atomic E-state index is 0.404. The number of aromatic nitrogens is 4. The van der Waals surface area contributed by atoms with Crippen LogP contribution >= 0.6 is 0 Å². The molecule has 0 spiro atoms. The number of nitrogens with two attached hydrogens (primary N) is 1. The van der Waals surface area contributed by atoms with Crippen LogP contribution in [0.3, 0.4) is 0 Å². The molecule has 0 amide bonds. The van der Waals surface area contributed by atoms with Gasteiger partial charge in [-0.2, -0.15) is 0 Å². The maximum atomic E-state index is 6.22. The van der Waals surface area contributed by atoms with E-state index in [0.29, 0.717) is 23.1 Å². The molecule has 0 saturated carbocycles. The number of rotatable bonds is 4. The predicted octanol–water partition coefficient (Wildman–Crippen LogP) is 3.49. The van der Waals surface area contributed by atoms with Gasteiger partial charge in [0.25, 0.3) is 0 Å². The van der Waals surface area contributed by atoms with Crippen LogP contribution < -0.4 is 16.4 Å². The Hall–Kier alpha value is -3.74. The normalized spacial score (nSPS) is 10.6. The molecule has 25 heavy (non-hydrogen) atoms. The molecule has 4 rings (SSSR count). The van der Waals surface area contributed by atoms with Gasteiger partial charge in [0.15, 0.2) is 11.6 Å². The lowest BCUT2D eigenvalue weighted by Gasteiger charge is -2.13. The molecular formula is C18H15N7. The van der Waals surface area contributed by atoms with Crippen LogP contribution in [0.25, 0.3) is 10.9 Å². The van der Waals surface area contributed by atoms with Gasteiger partial charge in [-0.15, -0.1) is 0 Å². The number of hydrogen-bond donors (Lipinski definition) is 3. The zero-order valence-electron chi connectivity index (χ0n) is 13.2. The number of pyridine rings is 2. The summed E-state index contributed by atoms with van der Waals surface area (Å²) in [6, 6.07) is 15.4. The molecule has 0 fully saturated rings. The number of nitrogen functional groups attached to an aromatic ring is 1. The molecule has 0 radical (unpaired) electrons. The van der Waals surface area contributed by atoms with Gasteiger partial charge < -0.3 is 16.4 Å². The van der Waals surface area contributed by atoms with E-state index < -0.39 is 0 Å². The fourth-order valence-electron chi connectivity index (χ4n) is 2.49. The van der Waals surface area contributed by atoms with Crippen LogP contribution in [0.5, 0.6) is 0 Å². The van der Waals surface area contributed by atoms with Crippen molar-refractivity contribution in [2.45, 2.75) is 0 Å². The first-order valence-electron chi connectivity index (χ1n) is 7.70. The minimum absolute atomic E-state index is 0.404. The Bertz CT molecular complexity index is 1010. The number of benzene rings is 1. The van der Waals surface area contributed by atoms with Gasteiger partial charge in [0, 0.05) is 17.8 Å². The molecule has 0 saturated heterocycles. The quantitative estimate of drug-likeness (QED) is 0.526. The Morgan fingerprint density at radius 2 is 1.52 bits per heavy atom. The zero-order valence-corrected chi connectivity index (χ0v) is 13.2. The van der Waals surface area contributed by atoms with Crippen LogP contribution in [0, 0.1) is 0 Å². The van der Waals surface area contributed by atoms with Gasteiger partial charge in [-0.25, -0.2) is 15.0 Å². The molecule has 0 aliphatic rings. The molecule has 0 unspecified atom stereocenters. The van der Waals surface area contributed by atoms with Crippen molar-refractivity contribution in [3.63, 3.8) is 0 Å². The Morgan fingerprint density at radius 3 is 2.36 bits per heavy atom. The van der Waals surface area contributed by atoms with Crippen molar-refractivity contribution in [2.75, 3.05) is 16.4 Å². The van der Waals surface area contributed by atoms with Crippen LogP contribution in [-0.4, -0.2) is 19.9 Å². The van der Waals surface area contributed by atoms with Gasteiger partial charge in [0.2, 0.25) is 0 Å². The van der Waals surface area contributed by atoms with E-state index in [2.05, 4.69) is 30.6 Å². The summed E-state index contributed by atoms with van der Waals surface area (Å²) in [6.07, 6.45) is 4.90. The molecule has 0 atom stereocenters. The maximum absolute atomic E-state index is 6.22. The number of anilines is 5. The Labute approximate surface area is 144 Å². The number of nitrogens with zero attached hydrogens (tertiary/aromatic N) is 4. The third-order valence-corrected chi connectivity index (χ3v) is 3.68. The van der Waals surface area contributed by atoms with Crippen LogP contribution in [0.15, 0.2) is 67.3 Å². The molecule has 0 aliphatic heterocycles. The van der Waals surface area contributed by atoms with Crippen molar-refractivity contribution in [1.29, 1.82) is 0 Å². The van der Waals surface area contributed by atoms with E-state index >= 15 is 0 Å². The van der Waals surface area contributed by atoms with Crippen molar-refractivity contribution in [3.05, 3.63) is 67.3 Å². The second kappa shape index (κ2) is 6.40. The van der Waals surface area contributed by atoms with Crippen LogP contribution in [0.1, 0.15) is 0 Å². The highest BCUT2D eigenvalue weighted by Crippen LogP contribution is 2.30. The molecule has 3 heterocycles. The minimum Gasteiger partial charge on any atom is -0.393 e. The summed E-state index contributed by atoms with van der Waals surface area (Å²) in [5.41, 5.74) is 8.30. The van der Waals surface area contributed by atoms with Crippen molar-refractivity contribution in [2.24, 2.45) is 0 Å². The van der Waals surface area contributed by atoms with Gasteiger partial charge in [0.1, 0.15) is 17.8 Å². The first kappa shape index (κ1) is 14.8. The average molecular weight is 329 g/mol. The zero-order chi connectivity index (χ0) is 17.1. The topological polar surface area (TPSA) is 102 Å². The highest BCUT2D eigenvalue weighted by Gasteiger charge is 2.10. The highest BCUT2D eigenvalue weighted by molar-refractivity contribution is 5.93. The van der Waals surface area contributed by atoms with Crippen molar-refractivity contribution < 1.29 is 0 Å². The molecule has 1 aromatic carbocycles. The number of fused-ring (bicyclic) bond motifs is 1. The molecule has 0 bridgehead atoms. The largest absolute Gasteiger partial charge is 0.393 e. The lowest BCUT2D eigenvalue weighted by Crippen LogP contribution is -2.06.